The Balaban J connectivity index is 1.80. The van der Waals surface area contributed by atoms with Crippen LogP contribution < -0.4 is 5.32 Å². The third-order valence-corrected chi connectivity index (χ3v) is 1.98. The molecule has 0 aliphatic heterocycles. The average molecular weight is 216 g/mol. The van der Waals surface area contributed by atoms with Gasteiger partial charge in [0.05, 0.1) is 6.42 Å². The van der Waals surface area contributed by atoms with Crippen molar-refractivity contribution in [3.8, 4) is 0 Å². The minimum Gasteiger partial charge on any atom is -0.352 e. The summed E-state index contributed by atoms with van der Waals surface area (Å²) >= 11 is 0. The van der Waals surface area contributed by atoms with Crippen LogP contribution in [0, 0.1) is 6.07 Å². The van der Waals surface area contributed by atoms with Gasteiger partial charge in [0.2, 0.25) is 5.91 Å². The van der Waals surface area contributed by atoms with Crippen LogP contribution >= 0.6 is 0 Å². The predicted octanol–water partition coefficient (Wildman–Crippen LogP) is -0.141. The number of nitrogens with zero attached hydrogens (tertiary/aromatic N) is 3. The van der Waals surface area contributed by atoms with E-state index >= 15 is 0 Å². The van der Waals surface area contributed by atoms with E-state index in [0.717, 1.165) is 5.56 Å². The molecule has 1 aromatic heterocycles. The summed E-state index contributed by atoms with van der Waals surface area (Å²) in [5.74, 6) is 0.333. The van der Waals surface area contributed by atoms with E-state index in [1.165, 1.54) is 0 Å². The largest absolute Gasteiger partial charge is 0.352 e. The Hall–Kier alpha value is -2.24. The van der Waals surface area contributed by atoms with Crippen molar-refractivity contribution in [2.75, 3.05) is 0 Å². The van der Waals surface area contributed by atoms with Gasteiger partial charge in [0.1, 0.15) is 0 Å². The summed E-state index contributed by atoms with van der Waals surface area (Å²) in [6.07, 6.45) is 0.156. The molecule has 1 aromatic carbocycles. The number of nitrogens with one attached hydrogen (secondary N) is 2. The molecule has 0 spiro atoms. The van der Waals surface area contributed by atoms with Crippen LogP contribution in [-0.4, -0.2) is 26.5 Å². The SMILES string of the molecule is O=C(Cc1nnn[nH]1)NCc1c[c]ccc1. The summed E-state index contributed by atoms with van der Waals surface area (Å²) < 4.78 is 0. The first-order chi connectivity index (χ1) is 7.84. The Morgan fingerprint density at radius 3 is 3.19 bits per heavy atom. The lowest BCUT2D eigenvalue weighted by molar-refractivity contribution is -0.120. The minimum atomic E-state index is -0.123. The number of rotatable bonds is 4. The number of H-pyrrole nitrogens is 1. The molecule has 1 heterocycles. The average Bonchev–Trinajstić information content (AvgIpc) is 2.81. The molecule has 1 radical (unpaired) electrons. The molecule has 0 unspecified atom stereocenters. The van der Waals surface area contributed by atoms with Crippen molar-refractivity contribution in [3.05, 3.63) is 41.7 Å². The number of tetrazole rings is 1. The molecule has 0 aliphatic carbocycles. The van der Waals surface area contributed by atoms with Crippen molar-refractivity contribution in [1.29, 1.82) is 0 Å². The Morgan fingerprint density at radius 1 is 1.56 bits per heavy atom. The van der Waals surface area contributed by atoms with Crippen LogP contribution in [0.3, 0.4) is 0 Å². The molecular weight excluding hydrogens is 206 g/mol. The molecule has 81 valence electrons. The molecule has 0 bridgehead atoms. The summed E-state index contributed by atoms with van der Waals surface area (Å²) in [5, 5.41) is 15.7. The van der Waals surface area contributed by atoms with Crippen LogP contribution in [-0.2, 0) is 17.8 Å². The summed E-state index contributed by atoms with van der Waals surface area (Å²) in [7, 11) is 0. The van der Waals surface area contributed by atoms with Crippen molar-refractivity contribution in [2.45, 2.75) is 13.0 Å². The second-order valence-electron chi connectivity index (χ2n) is 3.21. The molecule has 0 saturated carbocycles. The molecule has 2 aromatic rings. The molecular formula is C10H10N5O. The third kappa shape index (κ3) is 2.88. The number of hydrogen-bond acceptors (Lipinski definition) is 4. The standard InChI is InChI=1S/C10H10N5O/c16-10(6-9-12-14-15-13-9)11-7-8-4-2-1-3-5-8/h1-2,4-5H,6-7H2,(H,11,16)(H,12,13,14,15). The Morgan fingerprint density at radius 2 is 2.50 bits per heavy atom. The summed E-state index contributed by atoms with van der Waals surface area (Å²) in [6.45, 7) is 0.484. The van der Waals surface area contributed by atoms with Crippen LogP contribution in [0.25, 0.3) is 0 Å². The second-order valence-corrected chi connectivity index (χ2v) is 3.21. The quantitative estimate of drug-likeness (QED) is 0.745. The molecule has 1 amide bonds. The number of benzene rings is 1. The zero-order valence-electron chi connectivity index (χ0n) is 8.47. The van der Waals surface area contributed by atoms with E-state index in [9.17, 15) is 4.79 Å². The summed E-state index contributed by atoms with van der Waals surface area (Å²) in [4.78, 5) is 11.4. The van der Waals surface area contributed by atoms with Crippen LogP contribution in [0.5, 0.6) is 0 Å². The van der Waals surface area contributed by atoms with Gasteiger partial charge in [-0.1, -0.05) is 18.2 Å². The molecule has 0 atom stereocenters. The van der Waals surface area contributed by atoms with Gasteiger partial charge in [0.25, 0.3) is 0 Å². The van der Waals surface area contributed by atoms with Crippen LogP contribution in [0.2, 0.25) is 0 Å². The van der Waals surface area contributed by atoms with Crippen molar-refractivity contribution < 1.29 is 4.79 Å². The highest BCUT2D eigenvalue weighted by Crippen LogP contribution is 1.96. The zero-order valence-corrected chi connectivity index (χ0v) is 8.47. The monoisotopic (exact) mass is 216 g/mol. The molecule has 0 fully saturated rings. The first-order valence-corrected chi connectivity index (χ1v) is 4.79. The van der Waals surface area contributed by atoms with Crippen molar-refractivity contribution >= 4 is 5.91 Å². The minimum absolute atomic E-state index is 0.123. The number of carbonyl (C=O) groups excluding carboxylic acids is 1. The summed E-state index contributed by atoms with van der Waals surface area (Å²) in [5.41, 5.74) is 1.01. The summed E-state index contributed by atoms with van der Waals surface area (Å²) in [6, 6.07) is 10.4. The molecule has 6 heteroatoms. The molecule has 16 heavy (non-hydrogen) atoms. The second kappa shape index (κ2) is 5.01. The van der Waals surface area contributed by atoms with E-state index < -0.39 is 0 Å². The smallest absolute Gasteiger partial charge is 0.227 e. The Bertz CT molecular complexity index is 439. The van der Waals surface area contributed by atoms with Gasteiger partial charge in [-0.25, -0.2) is 5.10 Å². The van der Waals surface area contributed by atoms with E-state index in [1.807, 2.05) is 24.3 Å². The first kappa shape index (κ1) is 10.3. The normalized spacial score (nSPS) is 10.0. The van der Waals surface area contributed by atoms with Crippen molar-refractivity contribution in [1.82, 2.24) is 25.9 Å². The van der Waals surface area contributed by atoms with Gasteiger partial charge in [-0.2, -0.15) is 0 Å². The van der Waals surface area contributed by atoms with Crippen LogP contribution in [0.1, 0.15) is 11.4 Å². The highest BCUT2D eigenvalue weighted by Gasteiger charge is 2.05. The Kier molecular flexibility index (Phi) is 3.22. The lowest BCUT2D eigenvalue weighted by atomic mass is 10.2. The number of aromatic amines is 1. The maximum atomic E-state index is 11.4. The lowest BCUT2D eigenvalue weighted by Crippen LogP contribution is -2.25. The fourth-order valence-electron chi connectivity index (χ4n) is 1.21. The molecule has 2 rings (SSSR count). The van der Waals surface area contributed by atoms with Crippen LogP contribution in [0.4, 0.5) is 0 Å². The fraction of sp³-hybridized carbons (Fsp3) is 0.200. The number of amides is 1. The highest BCUT2D eigenvalue weighted by atomic mass is 16.1. The predicted molar refractivity (Wildman–Crippen MR) is 55.0 cm³/mol. The lowest BCUT2D eigenvalue weighted by Gasteiger charge is -2.03. The van der Waals surface area contributed by atoms with Gasteiger partial charge in [-0.15, -0.1) is 5.10 Å². The highest BCUT2D eigenvalue weighted by molar-refractivity contribution is 5.77. The molecule has 0 aliphatic rings. The van der Waals surface area contributed by atoms with Gasteiger partial charge in [0.15, 0.2) is 5.82 Å². The first-order valence-electron chi connectivity index (χ1n) is 4.79. The van der Waals surface area contributed by atoms with E-state index in [1.54, 1.807) is 0 Å². The maximum Gasteiger partial charge on any atom is 0.227 e. The van der Waals surface area contributed by atoms with Crippen molar-refractivity contribution in [2.24, 2.45) is 0 Å². The van der Waals surface area contributed by atoms with E-state index in [4.69, 9.17) is 0 Å². The van der Waals surface area contributed by atoms with Gasteiger partial charge in [-0.05, 0) is 28.1 Å². The molecule has 0 saturated heterocycles. The van der Waals surface area contributed by atoms with Crippen LogP contribution in [0.15, 0.2) is 24.3 Å². The van der Waals surface area contributed by atoms with Gasteiger partial charge >= 0.3 is 0 Å². The van der Waals surface area contributed by atoms with E-state index in [0.29, 0.717) is 12.4 Å². The molecule has 2 N–H and O–H groups in total. The van der Waals surface area contributed by atoms with E-state index in [-0.39, 0.29) is 12.3 Å². The van der Waals surface area contributed by atoms with Gasteiger partial charge < -0.3 is 5.32 Å². The van der Waals surface area contributed by atoms with Gasteiger partial charge in [-0.3, -0.25) is 4.79 Å². The number of hydrogen-bond donors (Lipinski definition) is 2. The maximum absolute atomic E-state index is 11.4. The number of aromatic nitrogens is 4. The third-order valence-electron chi connectivity index (χ3n) is 1.98. The van der Waals surface area contributed by atoms with E-state index in [2.05, 4.69) is 32.0 Å². The topological polar surface area (TPSA) is 83.6 Å². The van der Waals surface area contributed by atoms with Gasteiger partial charge in [0, 0.05) is 6.54 Å². The van der Waals surface area contributed by atoms with Crippen molar-refractivity contribution in [3.63, 3.8) is 0 Å². The fourth-order valence-corrected chi connectivity index (χ4v) is 1.21. The zero-order chi connectivity index (χ0) is 11.2. The Labute approximate surface area is 92.1 Å². The molecule has 6 nitrogen and oxygen atoms in total. The number of carbonyl (C=O) groups is 1.